The third-order valence-electron chi connectivity index (χ3n) is 2.98. The van der Waals surface area contributed by atoms with Crippen LogP contribution in [0.2, 0.25) is 5.02 Å². The minimum Gasteiger partial charge on any atom is -0.365 e. The van der Waals surface area contributed by atoms with Crippen molar-refractivity contribution in [1.82, 2.24) is 4.68 Å². The summed E-state index contributed by atoms with van der Waals surface area (Å²) in [5.41, 5.74) is 6.56. The first-order valence-corrected chi connectivity index (χ1v) is 6.61. The number of aryl methyl sites for hydroxylation is 2. The molecule has 1 aromatic heterocycles. The van der Waals surface area contributed by atoms with Gasteiger partial charge in [-0.15, -0.1) is 0 Å². The van der Waals surface area contributed by atoms with Crippen molar-refractivity contribution in [3.05, 3.63) is 68.1 Å². The molecule has 108 valence electrons. The third-order valence-corrected chi connectivity index (χ3v) is 3.21. The van der Waals surface area contributed by atoms with Crippen molar-refractivity contribution in [3.63, 3.8) is 0 Å². The van der Waals surface area contributed by atoms with E-state index in [-0.39, 0.29) is 5.56 Å². The predicted molar refractivity (Wildman–Crippen MR) is 83.1 cm³/mol. The van der Waals surface area contributed by atoms with E-state index in [1.807, 2.05) is 0 Å². The summed E-state index contributed by atoms with van der Waals surface area (Å²) in [6.07, 6.45) is 1.50. The maximum absolute atomic E-state index is 12.3. The Kier molecular flexibility index (Phi) is 4.23. The molecule has 21 heavy (non-hydrogen) atoms. The molecule has 0 aliphatic heterocycles. The largest absolute Gasteiger partial charge is 0.365 e. The average Bonchev–Trinajstić information content (AvgIpc) is 2.37. The molecule has 0 atom stereocenters. The van der Waals surface area contributed by atoms with Gasteiger partial charge in [-0.3, -0.25) is 9.59 Å². The van der Waals surface area contributed by atoms with Crippen LogP contribution in [0.3, 0.4) is 0 Å². The molecule has 1 amide bonds. The summed E-state index contributed by atoms with van der Waals surface area (Å²) in [5.74, 6) is -0.760. The Hall–Kier alpha value is -2.40. The van der Waals surface area contributed by atoms with Gasteiger partial charge < -0.3 is 5.73 Å². The molecule has 5 nitrogen and oxygen atoms in total. The second-order valence-electron chi connectivity index (χ2n) is 4.62. The summed E-state index contributed by atoms with van der Waals surface area (Å²) in [6, 6.07) is 8.74. The maximum Gasteiger partial charge on any atom is 0.284 e. The molecule has 0 aliphatic carbocycles. The van der Waals surface area contributed by atoms with Gasteiger partial charge >= 0.3 is 0 Å². The molecule has 0 unspecified atom stereocenters. The number of pyridine rings is 1. The van der Waals surface area contributed by atoms with Crippen LogP contribution in [0.5, 0.6) is 0 Å². The molecule has 0 spiro atoms. The first kappa shape index (κ1) is 15.0. The van der Waals surface area contributed by atoms with Gasteiger partial charge in [0, 0.05) is 10.7 Å². The third kappa shape index (κ3) is 3.20. The number of halogens is 1. The van der Waals surface area contributed by atoms with Crippen molar-refractivity contribution in [2.24, 2.45) is 10.8 Å². The lowest BCUT2D eigenvalue weighted by molar-refractivity contribution is 0.0997. The highest BCUT2D eigenvalue weighted by Crippen LogP contribution is 2.09. The second-order valence-corrected chi connectivity index (χ2v) is 5.06. The van der Waals surface area contributed by atoms with Crippen LogP contribution in [0.25, 0.3) is 0 Å². The van der Waals surface area contributed by atoms with Gasteiger partial charge in [0.1, 0.15) is 5.56 Å². The first-order valence-electron chi connectivity index (χ1n) is 6.23. The summed E-state index contributed by atoms with van der Waals surface area (Å²) >= 11 is 5.89. The lowest BCUT2D eigenvalue weighted by Crippen LogP contribution is -2.30. The van der Waals surface area contributed by atoms with E-state index in [0.717, 1.165) is 10.2 Å². The van der Waals surface area contributed by atoms with Gasteiger partial charge in [-0.05, 0) is 43.2 Å². The van der Waals surface area contributed by atoms with Crippen LogP contribution in [0.15, 0.2) is 40.2 Å². The number of rotatable bonds is 3. The number of nitrogens with zero attached hydrogens (tertiary/aromatic N) is 2. The van der Waals surface area contributed by atoms with Crippen LogP contribution in [0, 0.1) is 13.8 Å². The molecule has 0 fully saturated rings. The van der Waals surface area contributed by atoms with E-state index in [9.17, 15) is 9.59 Å². The summed E-state index contributed by atoms with van der Waals surface area (Å²) in [5, 5.41) is 4.69. The van der Waals surface area contributed by atoms with E-state index in [1.54, 1.807) is 44.2 Å². The normalized spacial score (nSPS) is 11.0. The zero-order valence-electron chi connectivity index (χ0n) is 11.6. The van der Waals surface area contributed by atoms with Gasteiger partial charge in [0.25, 0.3) is 11.5 Å². The molecule has 2 N–H and O–H groups in total. The number of benzene rings is 1. The Labute approximate surface area is 126 Å². The van der Waals surface area contributed by atoms with Crippen molar-refractivity contribution < 1.29 is 4.79 Å². The van der Waals surface area contributed by atoms with Gasteiger partial charge in [0.2, 0.25) is 0 Å². The highest BCUT2D eigenvalue weighted by molar-refractivity contribution is 6.30. The standard InChI is InChI=1S/C15H14ClN3O2/c1-9-6-10(2)19(15(21)13(9)14(17)20)18-8-11-4-3-5-12(16)7-11/h3-8H,1-2H3,(H2,17,20). The Balaban J connectivity index is 2.52. The molecule has 0 bridgehead atoms. The zero-order valence-corrected chi connectivity index (χ0v) is 12.4. The topological polar surface area (TPSA) is 77.4 Å². The Morgan fingerprint density at radius 3 is 2.67 bits per heavy atom. The van der Waals surface area contributed by atoms with E-state index >= 15 is 0 Å². The van der Waals surface area contributed by atoms with Gasteiger partial charge in [0.05, 0.1) is 6.21 Å². The highest BCUT2D eigenvalue weighted by atomic mass is 35.5. The number of hydrogen-bond acceptors (Lipinski definition) is 3. The number of nitrogens with two attached hydrogens (primary N) is 1. The molecule has 2 aromatic rings. The number of carbonyl (C=O) groups excluding carboxylic acids is 1. The van der Waals surface area contributed by atoms with E-state index in [4.69, 9.17) is 17.3 Å². The Bertz CT molecular complexity index is 794. The predicted octanol–water partition coefficient (Wildman–Crippen LogP) is 2.10. The van der Waals surface area contributed by atoms with Crippen LogP contribution in [0.4, 0.5) is 0 Å². The summed E-state index contributed by atoms with van der Waals surface area (Å²) in [7, 11) is 0. The smallest absolute Gasteiger partial charge is 0.284 e. The average molecular weight is 304 g/mol. The molecular formula is C15H14ClN3O2. The van der Waals surface area contributed by atoms with E-state index in [1.165, 1.54) is 6.21 Å². The summed E-state index contributed by atoms with van der Waals surface area (Å²) < 4.78 is 1.15. The minimum absolute atomic E-state index is 0.0520. The fourth-order valence-electron chi connectivity index (χ4n) is 2.04. The lowest BCUT2D eigenvalue weighted by Gasteiger charge is -2.08. The van der Waals surface area contributed by atoms with Crippen molar-refractivity contribution in [1.29, 1.82) is 0 Å². The molecule has 0 saturated carbocycles. The van der Waals surface area contributed by atoms with Gasteiger partial charge in [-0.2, -0.15) is 5.10 Å². The molecule has 0 saturated heterocycles. The van der Waals surface area contributed by atoms with E-state index in [2.05, 4.69) is 5.10 Å². The van der Waals surface area contributed by atoms with E-state index < -0.39 is 11.5 Å². The number of hydrogen-bond donors (Lipinski definition) is 1. The van der Waals surface area contributed by atoms with Gasteiger partial charge in [0.15, 0.2) is 0 Å². The number of primary amides is 1. The Morgan fingerprint density at radius 2 is 2.05 bits per heavy atom. The van der Waals surface area contributed by atoms with Crippen LogP contribution >= 0.6 is 11.6 Å². The lowest BCUT2D eigenvalue weighted by atomic mass is 10.1. The fourth-order valence-corrected chi connectivity index (χ4v) is 2.23. The molecule has 6 heteroatoms. The molecular weight excluding hydrogens is 290 g/mol. The fraction of sp³-hybridized carbons (Fsp3) is 0.133. The van der Waals surface area contributed by atoms with Crippen LogP contribution in [-0.4, -0.2) is 16.8 Å². The van der Waals surface area contributed by atoms with Crippen LogP contribution in [0.1, 0.15) is 27.2 Å². The Morgan fingerprint density at radius 1 is 1.33 bits per heavy atom. The maximum atomic E-state index is 12.3. The van der Waals surface area contributed by atoms with Gasteiger partial charge in [-0.1, -0.05) is 23.7 Å². The monoisotopic (exact) mass is 303 g/mol. The van der Waals surface area contributed by atoms with Crippen molar-refractivity contribution >= 4 is 23.7 Å². The quantitative estimate of drug-likeness (QED) is 0.881. The molecule has 1 aromatic carbocycles. The van der Waals surface area contributed by atoms with Gasteiger partial charge in [-0.25, -0.2) is 4.68 Å². The summed E-state index contributed by atoms with van der Waals surface area (Å²) in [4.78, 5) is 23.6. The van der Waals surface area contributed by atoms with Crippen molar-refractivity contribution in [2.75, 3.05) is 0 Å². The first-order chi connectivity index (χ1) is 9.90. The van der Waals surface area contributed by atoms with Crippen LogP contribution < -0.4 is 11.3 Å². The minimum atomic E-state index is -0.760. The summed E-state index contributed by atoms with van der Waals surface area (Å²) in [6.45, 7) is 3.40. The molecule has 0 radical (unpaired) electrons. The van der Waals surface area contributed by atoms with E-state index in [0.29, 0.717) is 16.3 Å². The SMILES string of the molecule is Cc1cc(C)n(N=Cc2cccc(Cl)c2)c(=O)c1C(N)=O. The molecule has 1 heterocycles. The molecule has 2 rings (SSSR count). The molecule has 0 aliphatic rings. The number of carbonyl (C=O) groups is 1. The van der Waals surface area contributed by atoms with Crippen LogP contribution in [-0.2, 0) is 0 Å². The van der Waals surface area contributed by atoms with Crippen molar-refractivity contribution in [3.8, 4) is 0 Å². The number of aromatic nitrogens is 1. The number of amides is 1. The zero-order chi connectivity index (χ0) is 15.6. The van der Waals surface area contributed by atoms with Crippen molar-refractivity contribution in [2.45, 2.75) is 13.8 Å². The highest BCUT2D eigenvalue weighted by Gasteiger charge is 2.14. The second kappa shape index (κ2) is 5.93.